The monoisotopic (exact) mass is 218 g/mol. The standard InChI is InChI=1S/C13H14O3/c14-9-4-2-1-3-6-11-7-5-8-12-13(11)16-10-15-12/h3,5-9H,1-2,4,10H2. The molecule has 0 bridgehead atoms. The van der Waals surface area contributed by atoms with Gasteiger partial charge in [0.25, 0.3) is 0 Å². The highest BCUT2D eigenvalue weighted by molar-refractivity contribution is 5.63. The Balaban J connectivity index is 1.99. The summed E-state index contributed by atoms with van der Waals surface area (Å²) in [6.45, 7) is 0.297. The molecule has 0 aromatic heterocycles. The van der Waals surface area contributed by atoms with Crippen LogP contribution in [0.15, 0.2) is 24.3 Å². The SMILES string of the molecule is O=CCCCC=Cc1cccc2c1OCO2. The van der Waals surface area contributed by atoms with Crippen LogP contribution in [0.4, 0.5) is 0 Å². The molecule has 1 heterocycles. The topological polar surface area (TPSA) is 35.5 Å². The number of ether oxygens (including phenoxy) is 2. The number of aldehydes is 1. The Hall–Kier alpha value is -1.77. The third kappa shape index (κ3) is 2.42. The van der Waals surface area contributed by atoms with E-state index in [1.165, 1.54) is 0 Å². The van der Waals surface area contributed by atoms with Gasteiger partial charge >= 0.3 is 0 Å². The van der Waals surface area contributed by atoms with E-state index in [0.717, 1.165) is 36.2 Å². The number of rotatable bonds is 5. The predicted octanol–water partition coefficient (Wildman–Crippen LogP) is 2.80. The Morgan fingerprint density at radius 1 is 1.25 bits per heavy atom. The zero-order valence-electron chi connectivity index (χ0n) is 9.02. The Morgan fingerprint density at radius 2 is 2.19 bits per heavy atom. The van der Waals surface area contributed by atoms with E-state index in [1.54, 1.807) is 0 Å². The second kappa shape index (κ2) is 5.35. The van der Waals surface area contributed by atoms with Gasteiger partial charge in [-0.1, -0.05) is 24.3 Å². The van der Waals surface area contributed by atoms with E-state index in [4.69, 9.17) is 9.47 Å². The van der Waals surface area contributed by atoms with Crippen molar-refractivity contribution in [1.29, 1.82) is 0 Å². The van der Waals surface area contributed by atoms with Crippen LogP contribution in [0.1, 0.15) is 24.8 Å². The molecule has 1 aromatic carbocycles. The summed E-state index contributed by atoms with van der Waals surface area (Å²) in [5.41, 5.74) is 1.03. The van der Waals surface area contributed by atoms with Crippen molar-refractivity contribution in [1.82, 2.24) is 0 Å². The molecule has 3 heteroatoms. The molecule has 1 aliphatic heterocycles. The third-order valence-electron chi connectivity index (χ3n) is 2.42. The van der Waals surface area contributed by atoms with E-state index in [0.29, 0.717) is 13.2 Å². The fourth-order valence-corrected chi connectivity index (χ4v) is 1.61. The molecule has 0 N–H and O–H groups in total. The largest absolute Gasteiger partial charge is 0.454 e. The van der Waals surface area contributed by atoms with Gasteiger partial charge in [0.05, 0.1) is 0 Å². The molecule has 0 fully saturated rings. The molecule has 0 saturated carbocycles. The predicted molar refractivity (Wildman–Crippen MR) is 61.5 cm³/mol. The van der Waals surface area contributed by atoms with Crippen LogP contribution in [0.2, 0.25) is 0 Å². The van der Waals surface area contributed by atoms with Crippen molar-refractivity contribution in [3.8, 4) is 11.5 Å². The van der Waals surface area contributed by atoms with Crippen molar-refractivity contribution in [3.05, 3.63) is 29.8 Å². The Labute approximate surface area is 94.7 Å². The van der Waals surface area contributed by atoms with Crippen LogP contribution >= 0.6 is 0 Å². The zero-order valence-corrected chi connectivity index (χ0v) is 9.02. The number of fused-ring (bicyclic) bond motifs is 1. The van der Waals surface area contributed by atoms with Crippen LogP contribution in [0.25, 0.3) is 6.08 Å². The Bertz CT molecular complexity index is 396. The molecule has 0 atom stereocenters. The highest BCUT2D eigenvalue weighted by Gasteiger charge is 2.14. The summed E-state index contributed by atoms with van der Waals surface area (Å²) in [5, 5.41) is 0. The summed E-state index contributed by atoms with van der Waals surface area (Å²) in [4.78, 5) is 10.1. The normalized spacial score (nSPS) is 13.2. The molecule has 1 aliphatic rings. The summed E-state index contributed by atoms with van der Waals surface area (Å²) in [6, 6.07) is 5.83. The number of carbonyl (C=O) groups is 1. The lowest BCUT2D eigenvalue weighted by atomic mass is 10.1. The van der Waals surface area contributed by atoms with E-state index in [-0.39, 0.29) is 0 Å². The molecule has 16 heavy (non-hydrogen) atoms. The van der Waals surface area contributed by atoms with Crippen molar-refractivity contribution in [2.75, 3.05) is 6.79 Å². The van der Waals surface area contributed by atoms with Gasteiger partial charge in [0.2, 0.25) is 6.79 Å². The van der Waals surface area contributed by atoms with Crippen molar-refractivity contribution in [3.63, 3.8) is 0 Å². The van der Waals surface area contributed by atoms with Gasteiger partial charge in [-0.3, -0.25) is 0 Å². The molecule has 2 rings (SSSR count). The third-order valence-corrected chi connectivity index (χ3v) is 2.42. The van der Waals surface area contributed by atoms with Crippen molar-refractivity contribution in [2.45, 2.75) is 19.3 Å². The van der Waals surface area contributed by atoms with Crippen LogP contribution in [-0.2, 0) is 4.79 Å². The lowest BCUT2D eigenvalue weighted by Gasteiger charge is -1.99. The highest BCUT2D eigenvalue weighted by atomic mass is 16.7. The van der Waals surface area contributed by atoms with Crippen LogP contribution in [0, 0.1) is 0 Å². The lowest BCUT2D eigenvalue weighted by Crippen LogP contribution is -1.93. The van der Waals surface area contributed by atoms with Crippen molar-refractivity contribution >= 4 is 12.4 Å². The second-order valence-corrected chi connectivity index (χ2v) is 3.58. The van der Waals surface area contributed by atoms with Gasteiger partial charge in [0.15, 0.2) is 11.5 Å². The molecule has 84 valence electrons. The van der Waals surface area contributed by atoms with Crippen molar-refractivity contribution in [2.24, 2.45) is 0 Å². The van der Waals surface area contributed by atoms with Crippen LogP contribution in [-0.4, -0.2) is 13.1 Å². The summed E-state index contributed by atoms with van der Waals surface area (Å²) in [6.07, 6.45) is 7.44. The average molecular weight is 218 g/mol. The first kappa shape index (κ1) is 10.7. The number of para-hydroxylation sites is 1. The number of carbonyl (C=O) groups excluding carboxylic acids is 1. The highest BCUT2D eigenvalue weighted by Crippen LogP contribution is 2.35. The molecule has 0 radical (unpaired) electrons. The average Bonchev–Trinajstić information content (AvgIpc) is 2.77. The fraction of sp³-hybridized carbons (Fsp3) is 0.308. The number of benzene rings is 1. The van der Waals surface area contributed by atoms with Gasteiger partial charge < -0.3 is 14.3 Å². The number of unbranched alkanes of at least 4 members (excludes halogenated alkanes) is 2. The van der Waals surface area contributed by atoms with E-state index >= 15 is 0 Å². The number of hydrogen-bond donors (Lipinski definition) is 0. The summed E-state index contributed by atoms with van der Waals surface area (Å²) in [7, 11) is 0. The molecule has 0 aliphatic carbocycles. The molecule has 0 unspecified atom stereocenters. The molecule has 3 nitrogen and oxygen atoms in total. The quantitative estimate of drug-likeness (QED) is 0.563. The van der Waals surface area contributed by atoms with Gasteiger partial charge in [-0.25, -0.2) is 0 Å². The molecule has 0 spiro atoms. The summed E-state index contributed by atoms with van der Waals surface area (Å²) in [5.74, 6) is 1.61. The number of allylic oxidation sites excluding steroid dienone is 1. The minimum Gasteiger partial charge on any atom is -0.454 e. The summed E-state index contributed by atoms with van der Waals surface area (Å²) >= 11 is 0. The van der Waals surface area contributed by atoms with E-state index in [9.17, 15) is 4.79 Å². The van der Waals surface area contributed by atoms with E-state index in [1.807, 2.05) is 24.3 Å². The van der Waals surface area contributed by atoms with Gasteiger partial charge in [-0.15, -0.1) is 0 Å². The van der Waals surface area contributed by atoms with Crippen LogP contribution in [0.5, 0.6) is 11.5 Å². The lowest BCUT2D eigenvalue weighted by molar-refractivity contribution is -0.107. The first-order valence-corrected chi connectivity index (χ1v) is 5.40. The maximum absolute atomic E-state index is 10.1. The molecular formula is C13H14O3. The molecule has 1 aromatic rings. The number of hydrogen-bond acceptors (Lipinski definition) is 3. The minimum atomic E-state index is 0.297. The summed E-state index contributed by atoms with van der Waals surface area (Å²) < 4.78 is 10.7. The maximum atomic E-state index is 10.1. The van der Waals surface area contributed by atoms with Crippen LogP contribution in [0.3, 0.4) is 0 Å². The van der Waals surface area contributed by atoms with Crippen molar-refractivity contribution < 1.29 is 14.3 Å². The Kier molecular flexibility index (Phi) is 3.59. The van der Waals surface area contributed by atoms with Gasteiger partial charge in [-0.05, 0) is 18.9 Å². The Morgan fingerprint density at radius 3 is 3.06 bits per heavy atom. The van der Waals surface area contributed by atoms with E-state index < -0.39 is 0 Å². The fourth-order valence-electron chi connectivity index (χ4n) is 1.61. The first-order chi connectivity index (χ1) is 7.92. The maximum Gasteiger partial charge on any atom is 0.231 e. The zero-order chi connectivity index (χ0) is 11.2. The molecule has 0 saturated heterocycles. The van der Waals surface area contributed by atoms with Gasteiger partial charge in [-0.2, -0.15) is 0 Å². The van der Waals surface area contributed by atoms with Gasteiger partial charge in [0.1, 0.15) is 6.29 Å². The second-order valence-electron chi connectivity index (χ2n) is 3.58. The minimum absolute atomic E-state index is 0.297. The van der Waals surface area contributed by atoms with Crippen LogP contribution < -0.4 is 9.47 Å². The first-order valence-electron chi connectivity index (χ1n) is 5.40. The van der Waals surface area contributed by atoms with Gasteiger partial charge in [0, 0.05) is 12.0 Å². The molecule has 0 amide bonds. The van der Waals surface area contributed by atoms with E-state index in [2.05, 4.69) is 6.08 Å². The molecular weight excluding hydrogens is 204 g/mol. The smallest absolute Gasteiger partial charge is 0.231 e.